The molecule has 0 N–H and O–H groups in total. The quantitative estimate of drug-likeness (QED) is 0.588. The number of fused-ring (bicyclic) bond motifs is 1. The number of benzene rings is 1. The zero-order valence-electron chi connectivity index (χ0n) is 7.51. The molecule has 0 aliphatic heterocycles. The molecule has 0 atom stereocenters. The molecule has 0 heteroatoms. The van der Waals surface area contributed by atoms with E-state index in [4.69, 9.17) is 0 Å². The maximum absolute atomic E-state index is 2.32. The minimum absolute atomic E-state index is 1.28. The van der Waals surface area contributed by atoms with Crippen LogP contribution in [0.5, 0.6) is 0 Å². The highest BCUT2D eigenvalue weighted by molar-refractivity contribution is 5.52. The molecule has 1 aliphatic carbocycles. The normalized spacial score (nSPS) is 15.4. The van der Waals surface area contributed by atoms with Gasteiger partial charge in [-0.1, -0.05) is 30.4 Å². The van der Waals surface area contributed by atoms with Gasteiger partial charge < -0.3 is 0 Å². The third-order valence-electron chi connectivity index (χ3n) is 2.48. The fourth-order valence-corrected chi connectivity index (χ4v) is 1.89. The second kappa shape index (κ2) is 3.14. The lowest BCUT2D eigenvalue weighted by Gasteiger charge is -1.99. The van der Waals surface area contributed by atoms with Crippen molar-refractivity contribution in [2.24, 2.45) is 0 Å². The number of aryl methyl sites for hydroxylation is 2. The van der Waals surface area contributed by atoms with Gasteiger partial charge >= 0.3 is 0 Å². The van der Waals surface area contributed by atoms with E-state index in [1.54, 1.807) is 11.1 Å². The van der Waals surface area contributed by atoms with Crippen LogP contribution in [0, 0.1) is 0 Å². The van der Waals surface area contributed by atoms with Crippen LogP contribution in [0.4, 0.5) is 0 Å². The fraction of sp³-hybridized carbons (Fsp3) is 0.333. The van der Waals surface area contributed by atoms with Crippen molar-refractivity contribution >= 4 is 6.08 Å². The average molecular weight is 158 g/mol. The molecule has 0 unspecified atom stereocenters. The Balaban J connectivity index is 2.38. The van der Waals surface area contributed by atoms with E-state index >= 15 is 0 Å². The number of allylic oxidation sites excluding steroid dienone is 1. The summed E-state index contributed by atoms with van der Waals surface area (Å²) in [6.07, 6.45) is 8.16. The van der Waals surface area contributed by atoms with Gasteiger partial charge in [-0.2, -0.15) is 0 Å². The lowest BCUT2D eigenvalue weighted by atomic mass is 10.1. The summed E-state index contributed by atoms with van der Waals surface area (Å²) in [5, 5.41) is 0. The van der Waals surface area contributed by atoms with Crippen molar-refractivity contribution < 1.29 is 0 Å². The summed E-state index contributed by atoms with van der Waals surface area (Å²) >= 11 is 0. The molecular weight excluding hydrogens is 144 g/mol. The first-order chi connectivity index (χ1) is 5.90. The lowest BCUT2D eigenvalue weighted by Crippen LogP contribution is -1.82. The third kappa shape index (κ3) is 1.29. The Labute approximate surface area is 73.9 Å². The molecule has 1 aliphatic rings. The molecule has 0 radical (unpaired) electrons. The minimum Gasteiger partial charge on any atom is -0.0871 e. The van der Waals surface area contributed by atoms with Crippen molar-refractivity contribution in [1.29, 1.82) is 0 Å². The van der Waals surface area contributed by atoms with Crippen molar-refractivity contribution in [3.05, 3.63) is 41.0 Å². The van der Waals surface area contributed by atoms with Crippen LogP contribution < -0.4 is 0 Å². The molecular formula is C12H14. The Bertz CT molecular complexity index is 308. The van der Waals surface area contributed by atoms with Crippen molar-refractivity contribution in [1.82, 2.24) is 0 Å². The topological polar surface area (TPSA) is 0 Å². The molecule has 1 aromatic carbocycles. The van der Waals surface area contributed by atoms with Crippen LogP contribution in [-0.4, -0.2) is 0 Å². The summed E-state index contributed by atoms with van der Waals surface area (Å²) in [4.78, 5) is 0. The summed E-state index contributed by atoms with van der Waals surface area (Å²) in [6.45, 7) is 2.06. The Morgan fingerprint density at radius 2 is 2.00 bits per heavy atom. The zero-order valence-corrected chi connectivity index (χ0v) is 7.51. The third-order valence-corrected chi connectivity index (χ3v) is 2.48. The van der Waals surface area contributed by atoms with Crippen molar-refractivity contribution in [3.8, 4) is 0 Å². The van der Waals surface area contributed by atoms with E-state index in [0.29, 0.717) is 0 Å². The average Bonchev–Trinajstić information content (AvgIpc) is 2.51. The molecule has 62 valence electrons. The fourth-order valence-electron chi connectivity index (χ4n) is 1.89. The first kappa shape index (κ1) is 7.60. The summed E-state index contributed by atoms with van der Waals surface area (Å²) < 4.78 is 0. The van der Waals surface area contributed by atoms with E-state index < -0.39 is 0 Å². The van der Waals surface area contributed by atoms with Gasteiger partial charge in [0, 0.05) is 0 Å². The van der Waals surface area contributed by atoms with Gasteiger partial charge in [0.05, 0.1) is 0 Å². The highest BCUT2D eigenvalue weighted by atomic mass is 14.1. The summed E-state index contributed by atoms with van der Waals surface area (Å²) in [5.74, 6) is 0. The van der Waals surface area contributed by atoms with Gasteiger partial charge in [-0.25, -0.2) is 0 Å². The van der Waals surface area contributed by atoms with Gasteiger partial charge in [-0.05, 0) is 42.9 Å². The SMILES string of the molecule is C/C=C/c1ccc2c(c1)CCC2. The first-order valence-electron chi connectivity index (χ1n) is 4.64. The van der Waals surface area contributed by atoms with Gasteiger partial charge in [0.15, 0.2) is 0 Å². The molecule has 0 heterocycles. The molecule has 0 saturated carbocycles. The largest absolute Gasteiger partial charge is 0.0871 e. The number of hydrogen-bond donors (Lipinski definition) is 0. The van der Waals surface area contributed by atoms with Crippen LogP contribution in [0.1, 0.15) is 30.0 Å². The van der Waals surface area contributed by atoms with E-state index in [1.807, 2.05) is 0 Å². The van der Waals surface area contributed by atoms with Gasteiger partial charge in [-0.3, -0.25) is 0 Å². The Hall–Kier alpha value is -1.04. The zero-order chi connectivity index (χ0) is 8.39. The predicted octanol–water partition coefficient (Wildman–Crippen LogP) is 3.21. The molecule has 1 aromatic rings. The van der Waals surface area contributed by atoms with Gasteiger partial charge in [0.1, 0.15) is 0 Å². The molecule has 12 heavy (non-hydrogen) atoms. The monoisotopic (exact) mass is 158 g/mol. The van der Waals surface area contributed by atoms with E-state index in [2.05, 4.69) is 37.3 Å². The minimum atomic E-state index is 1.28. The molecule has 0 saturated heterocycles. The van der Waals surface area contributed by atoms with E-state index in [0.717, 1.165) is 0 Å². The smallest absolute Gasteiger partial charge is 0.0257 e. The predicted molar refractivity (Wildman–Crippen MR) is 53.2 cm³/mol. The van der Waals surface area contributed by atoms with Crippen LogP contribution in [-0.2, 0) is 12.8 Å². The Kier molecular flexibility index (Phi) is 1.99. The molecule has 0 amide bonds. The van der Waals surface area contributed by atoms with Crippen LogP contribution in [0.3, 0.4) is 0 Å². The standard InChI is InChI=1S/C12H14/c1-2-4-10-7-8-11-5-3-6-12(11)9-10/h2,4,7-9H,3,5-6H2,1H3/b4-2+. The van der Waals surface area contributed by atoms with E-state index in [9.17, 15) is 0 Å². The molecule has 0 spiro atoms. The van der Waals surface area contributed by atoms with Crippen molar-refractivity contribution in [3.63, 3.8) is 0 Å². The molecule has 0 aromatic heterocycles. The van der Waals surface area contributed by atoms with Crippen LogP contribution in [0.25, 0.3) is 6.08 Å². The molecule has 0 bridgehead atoms. The van der Waals surface area contributed by atoms with Gasteiger partial charge in [-0.15, -0.1) is 0 Å². The number of hydrogen-bond acceptors (Lipinski definition) is 0. The maximum Gasteiger partial charge on any atom is -0.0257 e. The highest BCUT2D eigenvalue weighted by Crippen LogP contribution is 2.23. The summed E-state index contributed by atoms with van der Waals surface area (Å²) in [6, 6.07) is 6.81. The Morgan fingerprint density at radius 1 is 1.17 bits per heavy atom. The molecule has 0 fully saturated rings. The Morgan fingerprint density at radius 3 is 2.83 bits per heavy atom. The van der Waals surface area contributed by atoms with E-state index in [-0.39, 0.29) is 0 Å². The van der Waals surface area contributed by atoms with Crippen LogP contribution >= 0.6 is 0 Å². The van der Waals surface area contributed by atoms with Gasteiger partial charge in [0.2, 0.25) is 0 Å². The summed E-state index contributed by atoms with van der Waals surface area (Å²) in [7, 11) is 0. The van der Waals surface area contributed by atoms with Crippen LogP contribution in [0.2, 0.25) is 0 Å². The second-order valence-corrected chi connectivity index (χ2v) is 3.38. The maximum atomic E-state index is 2.32. The summed E-state index contributed by atoms with van der Waals surface area (Å²) in [5.41, 5.74) is 4.46. The highest BCUT2D eigenvalue weighted by Gasteiger charge is 2.09. The van der Waals surface area contributed by atoms with E-state index in [1.165, 1.54) is 24.8 Å². The molecule has 2 rings (SSSR count). The number of rotatable bonds is 1. The first-order valence-corrected chi connectivity index (χ1v) is 4.64. The lowest BCUT2D eigenvalue weighted by molar-refractivity contribution is 0.912. The van der Waals surface area contributed by atoms with Crippen molar-refractivity contribution in [2.75, 3.05) is 0 Å². The van der Waals surface area contributed by atoms with Crippen LogP contribution in [0.15, 0.2) is 24.3 Å². The van der Waals surface area contributed by atoms with Gasteiger partial charge in [0.25, 0.3) is 0 Å². The second-order valence-electron chi connectivity index (χ2n) is 3.38. The molecule has 0 nitrogen and oxygen atoms in total. The van der Waals surface area contributed by atoms with Crippen molar-refractivity contribution in [2.45, 2.75) is 26.2 Å².